The standard InChI is InChI=1S/C16H24N2/c1-3-10-18-16(14-7-5-4-6-8-14)15-12-13(2)9-11-17-15/h7,9,11-12,16,18H,3-6,8,10H2,1-2H3. The molecule has 18 heavy (non-hydrogen) atoms. The normalized spacial score (nSPS) is 17.3. The molecule has 1 N–H and O–H groups in total. The first kappa shape index (κ1) is 13.3. The van der Waals surface area contributed by atoms with Gasteiger partial charge in [-0.05, 0) is 63.3 Å². The molecular formula is C16H24N2. The number of nitrogens with zero attached hydrogens (tertiary/aromatic N) is 1. The minimum Gasteiger partial charge on any atom is -0.305 e. The van der Waals surface area contributed by atoms with Crippen molar-refractivity contribution in [1.29, 1.82) is 0 Å². The highest BCUT2D eigenvalue weighted by molar-refractivity contribution is 5.26. The molecule has 1 aliphatic carbocycles. The Bertz CT molecular complexity index is 409. The summed E-state index contributed by atoms with van der Waals surface area (Å²) in [4.78, 5) is 4.56. The first-order valence-corrected chi connectivity index (χ1v) is 7.16. The third-order valence-corrected chi connectivity index (χ3v) is 3.53. The molecule has 1 heterocycles. The zero-order valence-corrected chi connectivity index (χ0v) is 11.6. The summed E-state index contributed by atoms with van der Waals surface area (Å²) in [6.07, 6.45) is 10.6. The molecule has 0 amide bonds. The Hall–Kier alpha value is -1.15. The fourth-order valence-electron chi connectivity index (χ4n) is 2.56. The smallest absolute Gasteiger partial charge is 0.0710 e. The van der Waals surface area contributed by atoms with Gasteiger partial charge in [0.1, 0.15) is 0 Å². The molecule has 0 fully saturated rings. The van der Waals surface area contributed by atoms with E-state index in [0.29, 0.717) is 6.04 Å². The van der Waals surface area contributed by atoms with Crippen LogP contribution in [0.4, 0.5) is 0 Å². The lowest BCUT2D eigenvalue weighted by atomic mass is 9.91. The fourth-order valence-corrected chi connectivity index (χ4v) is 2.56. The molecule has 0 bridgehead atoms. The van der Waals surface area contributed by atoms with Crippen LogP contribution in [-0.2, 0) is 0 Å². The largest absolute Gasteiger partial charge is 0.305 e. The molecule has 0 spiro atoms. The lowest BCUT2D eigenvalue weighted by Gasteiger charge is -2.24. The highest BCUT2D eigenvalue weighted by atomic mass is 14.9. The Morgan fingerprint density at radius 2 is 2.28 bits per heavy atom. The van der Waals surface area contributed by atoms with Crippen molar-refractivity contribution in [3.05, 3.63) is 41.2 Å². The second-order valence-corrected chi connectivity index (χ2v) is 5.17. The van der Waals surface area contributed by atoms with Gasteiger partial charge in [0.05, 0.1) is 11.7 Å². The summed E-state index contributed by atoms with van der Waals surface area (Å²) in [5, 5.41) is 3.65. The van der Waals surface area contributed by atoms with Gasteiger partial charge in [-0.2, -0.15) is 0 Å². The second-order valence-electron chi connectivity index (χ2n) is 5.17. The molecule has 1 aromatic rings. The molecule has 0 aromatic carbocycles. The van der Waals surface area contributed by atoms with E-state index in [1.165, 1.54) is 42.5 Å². The van der Waals surface area contributed by atoms with Crippen LogP contribution in [0.2, 0.25) is 0 Å². The zero-order chi connectivity index (χ0) is 12.8. The predicted molar refractivity (Wildman–Crippen MR) is 76.6 cm³/mol. The van der Waals surface area contributed by atoms with Gasteiger partial charge in [0.25, 0.3) is 0 Å². The summed E-state index contributed by atoms with van der Waals surface area (Å²) >= 11 is 0. The predicted octanol–water partition coefficient (Wildman–Crippen LogP) is 3.93. The van der Waals surface area contributed by atoms with Crippen LogP contribution >= 0.6 is 0 Å². The molecule has 98 valence electrons. The summed E-state index contributed by atoms with van der Waals surface area (Å²) in [6.45, 7) is 5.40. The van der Waals surface area contributed by atoms with Crippen molar-refractivity contribution in [2.75, 3.05) is 6.54 Å². The topological polar surface area (TPSA) is 24.9 Å². The van der Waals surface area contributed by atoms with Crippen molar-refractivity contribution >= 4 is 0 Å². The van der Waals surface area contributed by atoms with E-state index in [1.807, 2.05) is 6.20 Å². The summed E-state index contributed by atoms with van der Waals surface area (Å²) in [6, 6.07) is 4.60. The summed E-state index contributed by atoms with van der Waals surface area (Å²) in [5.41, 5.74) is 4.00. The van der Waals surface area contributed by atoms with Gasteiger partial charge in [0, 0.05) is 6.20 Å². The van der Waals surface area contributed by atoms with Crippen LogP contribution in [0.3, 0.4) is 0 Å². The molecule has 0 saturated heterocycles. The number of aromatic nitrogens is 1. The molecule has 0 radical (unpaired) electrons. The van der Waals surface area contributed by atoms with E-state index in [2.05, 4.69) is 42.4 Å². The maximum Gasteiger partial charge on any atom is 0.0710 e. The van der Waals surface area contributed by atoms with E-state index >= 15 is 0 Å². The van der Waals surface area contributed by atoms with Crippen molar-refractivity contribution in [3.63, 3.8) is 0 Å². The van der Waals surface area contributed by atoms with Crippen molar-refractivity contribution in [1.82, 2.24) is 10.3 Å². The molecule has 2 rings (SSSR count). The average molecular weight is 244 g/mol. The van der Waals surface area contributed by atoms with E-state index in [1.54, 1.807) is 0 Å². The quantitative estimate of drug-likeness (QED) is 0.794. The summed E-state index contributed by atoms with van der Waals surface area (Å²) in [5.74, 6) is 0. The minimum atomic E-state index is 0.324. The van der Waals surface area contributed by atoms with Crippen LogP contribution in [0.1, 0.15) is 56.3 Å². The molecule has 2 nitrogen and oxygen atoms in total. The van der Waals surface area contributed by atoms with Crippen molar-refractivity contribution < 1.29 is 0 Å². The Morgan fingerprint density at radius 1 is 1.39 bits per heavy atom. The zero-order valence-electron chi connectivity index (χ0n) is 11.6. The SMILES string of the molecule is CCCNC(C1=CCCCC1)c1cc(C)ccn1. The number of allylic oxidation sites excluding steroid dienone is 1. The third-order valence-electron chi connectivity index (χ3n) is 3.53. The number of aryl methyl sites for hydroxylation is 1. The van der Waals surface area contributed by atoms with E-state index in [-0.39, 0.29) is 0 Å². The molecular weight excluding hydrogens is 220 g/mol. The fraction of sp³-hybridized carbons (Fsp3) is 0.562. The number of pyridine rings is 1. The van der Waals surface area contributed by atoms with Gasteiger partial charge in [-0.15, -0.1) is 0 Å². The van der Waals surface area contributed by atoms with Crippen molar-refractivity contribution in [3.8, 4) is 0 Å². The van der Waals surface area contributed by atoms with Gasteiger partial charge in [-0.3, -0.25) is 4.98 Å². The maximum atomic E-state index is 4.56. The lowest BCUT2D eigenvalue weighted by Crippen LogP contribution is -2.25. The molecule has 1 aliphatic rings. The third kappa shape index (κ3) is 3.42. The van der Waals surface area contributed by atoms with Gasteiger partial charge >= 0.3 is 0 Å². The van der Waals surface area contributed by atoms with Crippen molar-refractivity contribution in [2.24, 2.45) is 0 Å². The molecule has 1 unspecified atom stereocenters. The lowest BCUT2D eigenvalue weighted by molar-refractivity contribution is 0.537. The highest BCUT2D eigenvalue weighted by Crippen LogP contribution is 2.29. The highest BCUT2D eigenvalue weighted by Gasteiger charge is 2.18. The van der Waals surface area contributed by atoms with E-state index in [4.69, 9.17) is 0 Å². The first-order chi connectivity index (χ1) is 8.81. The minimum absolute atomic E-state index is 0.324. The monoisotopic (exact) mass is 244 g/mol. The molecule has 0 saturated carbocycles. The van der Waals surface area contributed by atoms with E-state index in [9.17, 15) is 0 Å². The Morgan fingerprint density at radius 3 is 2.94 bits per heavy atom. The Kier molecular flexibility index (Phi) is 4.94. The van der Waals surface area contributed by atoms with Crippen LogP contribution in [0.25, 0.3) is 0 Å². The Labute approximate surface area is 111 Å². The maximum absolute atomic E-state index is 4.56. The second kappa shape index (κ2) is 6.69. The van der Waals surface area contributed by atoms with Gasteiger partial charge in [-0.25, -0.2) is 0 Å². The summed E-state index contributed by atoms with van der Waals surface area (Å²) in [7, 11) is 0. The summed E-state index contributed by atoms with van der Waals surface area (Å²) < 4.78 is 0. The molecule has 1 atom stereocenters. The number of nitrogens with one attached hydrogen (secondary N) is 1. The molecule has 1 aromatic heterocycles. The molecule has 0 aliphatic heterocycles. The van der Waals surface area contributed by atoms with Crippen LogP contribution in [0.5, 0.6) is 0 Å². The van der Waals surface area contributed by atoms with Gasteiger partial charge in [0.15, 0.2) is 0 Å². The Balaban J connectivity index is 2.21. The number of rotatable bonds is 5. The number of hydrogen-bond acceptors (Lipinski definition) is 2. The van der Waals surface area contributed by atoms with Gasteiger partial charge < -0.3 is 5.32 Å². The van der Waals surface area contributed by atoms with Crippen LogP contribution < -0.4 is 5.32 Å². The van der Waals surface area contributed by atoms with Crippen molar-refractivity contribution in [2.45, 2.75) is 52.0 Å². The number of hydrogen-bond donors (Lipinski definition) is 1. The van der Waals surface area contributed by atoms with Crippen LogP contribution in [0.15, 0.2) is 30.0 Å². The van der Waals surface area contributed by atoms with Gasteiger partial charge in [0.2, 0.25) is 0 Å². The average Bonchev–Trinajstić information content (AvgIpc) is 2.40. The first-order valence-electron chi connectivity index (χ1n) is 7.16. The van der Waals surface area contributed by atoms with E-state index in [0.717, 1.165) is 13.0 Å². The molecule has 2 heteroatoms. The van der Waals surface area contributed by atoms with Crippen LogP contribution in [0, 0.1) is 6.92 Å². The van der Waals surface area contributed by atoms with Gasteiger partial charge in [-0.1, -0.05) is 18.6 Å². The van der Waals surface area contributed by atoms with E-state index < -0.39 is 0 Å². The van der Waals surface area contributed by atoms with Crippen LogP contribution in [-0.4, -0.2) is 11.5 Å².